The lowest BCUT2D eigenvalue weighted by Crippen LogP contribution is -2.50. The highest BCUT2D eigenvalue weighted by Crippen LogP contribution is 2.43. The third kappa shape index (κ3) is 8.04. The number of halogens is 3. The van der Waals surface area contributed by atoms with Gasteiger partial charge in [0.1, 0.15) is 12.4 Å². The van der Waals surface area contributed by atoms with Crippen LogP contribution >= 0.6 is 11.8 Å². The quantitative estimate of drug-likeness (QED) is 0.201. The van der Waals surface area contributed by atoms with E-state index in [0.29, 0.717) is 17.1 Å². The van der Waals surface area contributed by atoms with Gasteiger partial charge in [-0.05, 0) is 52.8 Å². The highest BCUT2D eigenvalue weighted by Gasteiger charge is 2.47. The van der Waals surface area contributed by atoms with Crippen LogP contribution in [0.3, 0.4) is 0 Å². The fraction of sp³-hybridized carbons (Fsp3) is 0.389. The predicted molar refractivity (Wildman–Crippen MR) is 179 cm³/mol. The first-order valence-corrected chi connectivity index (χ1v) is 17.3. The Morgan fingerprint density at radius 1 is 1.00 bits per heavy atom. The lowest BCUT2D eigenvalue weighted by atomic mass is 9.91. The molecule has 14 heteroatoms. The monoisotopic (exact) mass is 709 g/mol. The first-order chi connectivity index (χ1) is 24.0. The Labute approximate surface area is 292 Å². The Balaban J connectivity index is 1.18. The zero-order chi connectivity index (χ0) is 35.4. The summed E-state index contributed by atoms with van der Waals surface area (Å²) in [6.07, 6.45) is -4.03. The number of alkyl halides is 3. The fourth-order valence-corrected chi connectivity index (χ4v) is 7.40. The number of aliphatic hydroxyl groups excluding tert-OH is 1. The number of aliphatic hydroxyl groups is 1. The van der Waals surface area contributed by atoms with Crippen LogP contribution in [-0.4, -0.2) is 67.2 Å². The summed E-state index contributed by atoms with van der Waals surface area (Å²) in [6.45, 7) is 2.03. The summed E-state index contributed by atoms with van der Waals surface area (Å²) in [5.74, 6) is -1.99. The minimum absolute atomic E-state index is 0.00933. The predicted octanol–water partition coefficient (Wildman–Crippen LogP) is 5.73. The van der Waals surface area contributed by atoms with E-state index in [2.05, 4.69) is 22.4 Å². The second kappa shape index (κ2) is 15.3. The molecule has 6 rings (SSSR count). The van der Waals surface area contributed by atoms with Gasteiger partial charge in [0, 0.05) is 37.4 Å². The largest absolute Gasteiger partial charge is 0.471 e. The number of hydrogen-bond acceptors (Lipinski definition) is 8. The van der Waals surface area contributed by atoms with Crippen LogP contribution in [0.5, 0.6) is 0 Å². The maximum Gasteiger partial charge on any atom is 0.471 e. The Kier molecular flexibility index (Phi) is 10.9. The van der Waals surface area contributed by atoms with Gasteiger partial charge in [-0.3, -0.25) is 9.59 Å². The summed E-state index contributed by atoms with van der Waals surface area (Å²) in [5.41, 5.74) is 5.10. The average Bonchev–Trinajstić information content (AvgIpc) is 3.79. The lowest BCUT2D eigenvalue weighted by Gasteiger charge is -2.41. The van der Waals surface area contributed by atoms with Gasteiger partial charge in [-0.2, -0.15) is 13.2 Å². The van der Waals surface area contributed by atoms with Crippen molar-refractivity contribution in [2.75, 3.05) is 12.3 Å². The number of benzene rings is 3. The van der Waals surface area contributed by atoms with Crippen molar-refractivity contribution in [3.8, 4) is 11.1 Å². The standard InChI is InChI=1S/C36H38F3N5O5S/c1-22-30(20-50-35-42-41-21-43(35)2)48-33(49-31(22)25-13-11-23(19-45)12-14-25)28-9-4-8-27(17-28)26-7-3-6-24(16-26)18-40-32(46)29-10-5-15-44(29)34(47)36(37,38)39/h3-4,6-9,11-14,16-17,21-22,29-31,33,45H,5,10,15,18-20H2,1-2H3,(H,40,46)/t22-,29+,30+,31+,33+/m1/s1. The van der Waals surface area contributed by atoms with Gasteiger partial charge >= 0.3 is 12.1 Å². The van der Waals surface area contributed by atoms with Crippen molar-refractivity contribution in [1.29, 1.82) is 0 Å². The molecule has 4 aromatic rings. The molecule has 0 bridgehead atoms. The van der Waals surface area contributed by atoms with Crippen molar-refractivity contribution >= 4 is 23.6 Å². The van der Waals surface area contributed by atoms with E-state index in [4.69, 9.17) is 9.47 Å². The van der Waals surface area contributed by atoms with Crippen molar-refractivity contribution in [2.45, 2.75) is 68.8 Å². The molecule has 2 aliphatic rings. The molecule has 3 heterocycles. The van der Waals surface area contributed by atoms with Crippen LogP contribution in [0.25, 0.3) is 11.1 Å². The smallest absolute Gasteiger partial charge is 0.392 e. The second-order valence-electron chi connectivity index (χ2n) is 12.6. The molecule has 50 heavy (non-hydrogen) atoms. The Morgan fingerprint density at radius 3 is 2.44 bits per heavy atom. The van der Waals surface area contributed by atoms with Crippen LogP contribution in [0.4, 0.5) is 13.2 Å². The van der Waals surface area contributed by atoms with Crippen LogP contribution in [-0.2, 0) is 39.3 Å². The molecule has 0 unspecified atom stereocenters. The van der Waals surface area contributed by atoms with Crippen molar-refractivity contribution < 1.29 is 37.3 Å². The summed E-state index contributed by atoms with van der Waals surface area (Å²) in [5, 5.41) is 21.2. The van der Waals surface area contributed by atoms with E-state index in [1.54, 1.807) is 18.1 Å². The van der Waals surface area contributed by atoms with Crippen LogP contribution in [0.2, 0.25) is 0 Å². The number of aryl methyl sites for hydroxylation is 1. The van der Waals surface area contributed by atoms with Gasteiger partial charge in [-0.25, -0.2) is 0 Å². The third-order valence-corrected chi connectivity index (χ3v) is 10.2. The summed E-state index contributed by atoms with van der Waals surface area (Å²) < 4.78 is 54.3. The minimum atomic E-state index is -5.03. The van der Waals surface area contributed by atoms with E-state index in [0.717, 1.165) is 38.5 Å². The van der Waals surface area contributed by atoms with Gasteiger partial charge in [-0.1, -0.05) is 79.3 Å². The van der Waals surface area contributed by atoms with Gasteiger partial charge in [0.05, 0.1) is 18.8 Å². The molecular weight excluding hydrogens is 671 g/mol. The maximum absolute atomic E-state index is 13.0. The summed E-state index contributed by atoms with van der Waals surface area (Å²) >= 11 is 1.56. The van der Waals surface area contributed by atoms with E-state index in [1.165, 1.54) is 0 Å². The average molecular weight is 710 g/mol. The lowest BCUT2D eigenvalue weighted by molar-refractivity contribution is -0.268. The minimum Gasteiger partial charge on any atom is -0.392 e. The fourth-order valence-electron chi connectivity index (χ4n) is 6.35. The highest BCUT2D eigenvalue weighted by molar-refractivity contribution is 7.99. The number of carbonyl (C=O) groups excluding carboxylic acids is 2. The Hall–Kier alpha value is -4.24. The molecule has 0 spiro atoms. The van der Waals surface area contributed by atoms with E-state index < -0.39 is 30.3 Å². The Morgan fingerprint density at radius 2 is 1.74 bits per heavy atom. The normalized spacial score (nSPS) is 22.4. The molecule has 0 aliphatic carbocycles. The van der Waals surface area contributed by atoms with Gasteiger partial charge in [-0.15, -0.1) is 10.2 Å². The van der Waals surface area contributed by atoms with Crippen molar-refractivity contribution in [1.82, 2.24) is 25.0 Å². The first-order valence-electron chi connectivity index (χ1n) is 16.3. The number of nitrogens with one attached hydrogen (secondary N) is 1. The van der Waals surface area contributed by atoms with Gasteiger partial charge < -0.3 is 29.4 Å². The molecule has 0 radical (unpaired) electrons. The number of hydrogen-bond donors (Lipinski definition) is 2. The number of ether oxygens (including phenoxy) is 2. The molecule has 2 aliphatic heterocycles. The van der Waals surface area contributed by atoms with Crippen molar-refractivity contribution in [3.05, 3.63) is 101 Å². The molecule has 2 amide bonds. The van der Waals surface area contributed by atoms with Crippen LogP contribution in [0, 0.1) is 5.92 Å². The molecule has 1 aromatic heterocycles. The number of nitrogens with zero attached hydrogens (tertiary/aromatic N) is 4. The Bertz CT molecular complexity index is 1800. The number of aromatic nitrogens is 3. The first kappa shape index (κ1) is 35.6. The third-order valence-electron chi connectivity index (χ3n) is 9.11. The summed E-state index contributed by atoms with van der Waals surface area (Å²) in [6, 6.07) is 21.9. The highest BCUT2D eigenvalue weighted by atomic mass is 32.2. The summed E-state index contributed by atoms with van der Waals surface area (Å²) in [4.78, 5) is 25.3. The number of thioether (sulfide) groups is 1. The zero-order valence-electron chi connectivity index (χ0n) is 27.5. The molecule has 2 fully saturated rings. The molecule has 5 atom stereocenters. The summed E-state index contributed by atoms with van der Waals surface area (Å²) in [7, 11) is 1.89. The van der Waals surface area contributed by atoms with Gasteiger partial charge in [0.25, 0.3) is 0 Å². The van der Waals surface area contributed by atoms with Crippen LogP contribution in [0.1, 0.15) is 54.4 Å². The molecule has 2 saturated heterocycles. The maximum atomic E-state index is 13.0. The van der Waals surface area contributed by atoms with E-state index >= 15 is 0 Å². The van der Waals surface area contributed by atoms with Gasteiger partial charge in [0.15, 0.2) is 11.4 Å². The van der Waals surface area contributed by atoms with Gasteiger partial charge in [0.2, 0.25) is 5.91 Å². The van der Waals surface area contributed by atoms with Crippen LogP contribution in [0.15, 0.2) is 84.3 Å². The van der Waals surface area contributed by atoms with E-state index in [-0.39, 0.29) is 44.2 Å². The molecule has 2 N–H and O–H groups in total. The number of amides is 2. The topological polar surface area (TPSA) is 119 Å². The number of carbonyl (C=O) groups is 2. The van der Waals surface area contributed by atoms with E-state index in [1.807, 2.05) is 84.4 Å². The molecule has 3 aromatic carbocycles. The molecule has 0 saturated carbocycles. The zero-order valence-corrected chi connectivity index (χ0v) is 28.4. The van der Waals surface area contributed by atoms with Crippen molar-refractivity contribution in [2.24, 2.45) is 13.0 Å². The second-order valence-corrected chi connectivity index (χ2v) is 13.5. The molecule has 10 nitrogen and oxygen atoms in total. The number of rotatable bonds is 10. The molecular formula is C36H38F3N5O5S. The number of likely N-dealkylation sites (tertiary alicyclic amines) is 1. The van der Waals surface area contributed by atoms with E-state index in [9.17, 15) is 27.9 Å². The van der Waals surface area contributed by atoms with Crippen LogP contribution < -0.4 is 5.32 Å². The van der Waals surface area contributed by atoms with Crippen molar-refractivity contribution in [3.63, 3.8) is 0 Å². The molecule has 264 valence electrons. The SMILES string of the molecule is C[C@@H]1[C@H](CSc2nncn2C)O[C@H](c2cccc(-c3cccc(CNC(=O)[C@@H]4CCCN4C(=O)C(F)(F)F)c3)c2)O[C@@H]1c1ccc(CO)cc1.